The fourth-order valence-corrected chi connectivity index (χ4v) is 4.89. The van der Waals surface area contributed by atoms with E-state index in [0.717, 1.165) is 22.6 Å². The quantitative estimate of drug-likeness (QED) is 0.360. The molecule has 0 spiro atoms. The number of hydrogen-bond donors (Lipinski definition) is 2. The number of hydrogen-bond acceptors (Lipinski definition) is 6. The number of aromatic nitrogens is 2. The van der Waals surface area contributed by atoms with Crippen molar-refractivity contribution < 1.29 is 27.8 Å². The number of aliphatic hydroxyl groups is 1. The molecule has 0 unspecified atom stereocenters. The average Bonchev–Trinajstić information content (AvgIpc) is 3.15. The van der Waals surface area contributed by atoms with Gasteiger partial charge < -0.3 is 14.6 Å². The van der Waals surface area contributed by atoms with Crippen molar-refractivity contribution >= 4 is 21.6 Å². The molecular formula is C24H21F3N2O5S. The second-order valence-electron chi connectivity index (χ2n) is 7.81. The van der Waals surface area contributed by atoms with Crippen LogP contribution >= 0.6 is 11.3 Å². The first kappa shape index (κ1) is 24.6. The van der Waals surface area contributed by atoms with Crippen LogP contribution in [0.2, 0.25) is 0 Å². The predicted molar refractivity (Wildman–Crippen MR) is 126 cm³/mol. The lowest BCUT2D eigenvalue weighted by Gasteiger charge is -2.10. The van der Waals surface area contributed by atoms with Crippen molar-refractivity contribution in [3.63, 3.8) is 0 Å². The van der Waals surface area contributed by atoms with Crippen molar-refractivity contribution in [2.45, 2.75) is 39.3 Å². The molecular weight excluding hydrogens is 485 g/mol. The van der Waals surface area contributed by atoms with Gasteiger partial charge >= 0.3 is 12.1 Å². The SMILES string of the molecule is CC[C@H](O)Cn1c(=O)[nH]c(=O)c2c(C)c(-c3ccc(Oc4ccc(OC(F)(F)F)cc4)cc3)sc21. The van der Waals surface area contributed by atoms with E-state index in [0.29, 0.717) is 33.7 Å². The van der Waals surface area contributed by atoms with Crippen LogP contribution in [0.15, 0.2) is 58.1 Å². The first-order chi connectivity index (χ1) is 16.6. The first-order valence-electron chi connectivity index (χ1n) is 10.6. The summed E-state index contributed by atoms with van der Waals surface area (Å²) >= 11 is 1.29. The van der Waals surface area contributed by atoms with Gasteiger partial charge in [-0.15, -0.1) is 24.5 Å². The maximum atomic E-state index is 12.5. The molecule has 4 aromatic rings. The van der Waals surface area contributed by atoms with E-state index >= 15 is 0 Å². The zero-order valence-electron chi connectivity index (χ0n) is 18.7. The Labute approximate surface area is 201 Å². The maximum Gasteiger partial charge on any atom is 0.573 e. The Morgan fingerprint density at radius 1 is 1.03 bits per heavy atom. The van der Waals surface area contributed by atoms with Crippen molar-refractivity contribution in [1.29, 1.82) is 0 Å². The lowest BCUT2D eigenvalue weighted by atomic mass is 10.1. The van der Waals surface area contributed by atoms with Gasteiger partial charge in [0.05, 0.1) is 18.0 Å². The summed E-state index contributed by atoms with van der Waals surface area (Å²) in [7, 11) is 0. The fourth-order valence-electron chi connectivity index (χ4n) is 3.58. The van der Waals surface area contributed by atoms with Gasteiger partial charge in [0.25, 0.3) is 5.56 Å². The second kappa shape index (κ2) is 9.59. The number of aromatic amines is 1. The minimum atomic E-state index is -4.77. The number of fused-ring (bicyclic) bond motifs is 1. The summed E-state index contributed by atoms with van der Waals surface area (Å²) in [6.07, 6.45) is -5.03. The molecule has 2 N–H and O–H groups in total. The number of nitrogens with zero attached hydrogens (tertiary/aromatic N) is 1. The monoisotopic (exact) mass is 506 g/mol. The summed E-state index contributed by atoms with van der Waals surface area (Å²) in [4.78, 5) is 28.5. The second-order valence-corrected chi connectivity index (χ2v) is 8.81. The molecule has 2 heterocycles. The molecule has 0 saturated heterocycles. The Morgan fingerprint density at radius 2 is 1.60 bits per heavy atom. The normalized spacial score (nSPS) is 12.6. The summed E-state index contributed by atoms with van der Waals surface area (Å²) in [5.74, 6) is 0.438. The zero-order chi connectivity index (χ0) is 25.3. The van der Waals surface area contributed by atoms with Crippen molar-refractivity contribution in [1.82, 2.24) is 9.55 Å². The molecule has 0 aliphatic rings. The minimum Gasteiger partial charge on any atom is -0.457 e. The Morgan fingerprint density at radius 3 is 2.17 bits per heavy atom. The smallest absolute Gasteiger partial charge is 0.457 e. The number of halogens is 3. The van der Waals surface area contributed by atoms with Crippen LogP contribution in [0.3, 0.4) is 0 Å². The average molecular weight is 507 g/mol. The van der Waals surface area contributed by atoms with Gasteiger partial charge in [-0.1, -0.05) is 6.92 Å². The lowest BCUT2D eigenvalue weighted by Crippen LogP contribution is -2.33. The third kappa shape index (κ3) is 5.41. The van der Waals surface area contributed by atoms with Crippen LogP contribution in [0, 0.1) is 6.92 Å². The van der Waals surface area contributed by atoms with E-state index in [4.69, 9.17) is 4.74 Å². The van der Waals surface area contributed by atoms with Gasteiger partial charge in [0, 0.05) is 4.88 Å². The van der Waals surface area contributed by atoms with E-state index < -0.39 is 23.7 Å². The molecule has 0 radical (unpaired) electrons. The highest BCUT2D eigenvalue weighted by Gasteiger charge is 2.31. The van der Waals surface area contributed by atoms with Crippen LogP contribution in [-0.4, -0.2) is 27.1 Å². The number of alkyl halides is 3. The molecule has 35 heavy (non-hydrogen) atoms. The lowest BCUT2D eigenvalue weighted by molar-refractivity contribution is -0.274. The van der Waals surface area contributed by atoms with E-state index in [9.17, 15) is 27.9 Å². The summed E-state index contributed by atoms with van der Waals surface area (Å²) in [6.45, 7) is 3.67. The van der Waals surface area contributed by atoms with Crippen molar-refractivity contribution in [2.24, 2.45) is 0 Å². The van der Waals surface area contributed by atoms with Crippen LogP contribution < -0.4 is 20.7 Å². The number of benzene rings is 2. The summed E-state index contributed by atoms with van der Waals surface area (Å²) < 4.78 is 47.8. The maximum absolute atomic E-state index is 12.5. The van der Waals surface area contributed by atoms with Crippen LogP contribution in [0.4, 0.5) is 13.2 Å². The summed E-state index contributed by atoms with van der Waals surface area (Å²) in [5.41, 5.74) is 0.447. The van der Waals surface area contributed by atoms with Crippen LogP contribution in [0.1, 0.15) is 18.9 Å². The number of thiophene rings is 1. The molecule has 184 valence electrons. The first-order valence-corrected chi connectivity index (χ1v) is 11.5. The topological polar surface area (TPSA) is 93.6 Å². The Hall–Kier alpha value is -3.57. The summed E-state index contributed by atoms with van der Waals surface area (Å²) in [6, 6.07) is 12.0. The van der Waals surface area contributed by atoms with E-state index in [1.807, 2.05) is 0 Å². The molecule has 0 bridgehead atoms. The van der Waals surface area contributed by atoms with E-state index in [1.165, 1.54) is 28.0 Å². The number of ether oxygens (including phenoxy) is 2. The third-order valence-electron chi connectivity index (χ3n) is 5.34. The molecule has 2 aromatic heterocycles. The van der Waals surface area contributed by atoms with Gasteiger partial charge in [-0.25, -0.2) is 4.79 Å². The highest BCUT2D eigenvalue weighted by atomic mass is 32.1. The number of aryl methyl sites for hydroxylation is 1. The molecule has 2 aromatic carbocycles. The molecule has 0 aliphatic heterocycles. The van der Waals surface area contributed by atoms with E-state index in [-0.39, 0.29) is 12.3 Å². The van der Waals surface area contributed by atoms with Gasteiger partial charge in [-0.2, -0.15) is 0 Å². The molecule has 11 heteroatoms. The number of H-pyrrole nitrogens is 1. The van der Waals surface area contributed by atoms with Crippen molar-refractivity contribution in [3.8, 4) is 27.7 Å². The minimum absolute atomic E-state index is 0.0710. The molecule has 4 rings (SSSR count). The van der Waals surface area contributed by atoms with E-state index in [1.54, 1.807) is 38.1 Å². The Balaban J connectivity index is 1.61. The molecule has 7 nitrogen and oxygen atoms in total. The van der Waals surface area contributed by atoms with Crippen LogP contribution in [0.5, 0.6) is 17.2 Å². The number of nitrogens with one attached hydrogen (secondary N) is 1. The van der Waals surface area contributed by atoms with Gasteiger partial charge in [0.15, 0.2) is 0 Å². The molecule has 1 atom stereocenters. The van der Waals surface area contributed by atoms with E-state index in [2.05, 4.69) is 9.72 Å². The highest BCUT2D eigenvalue weighted by molar-refractivity contribution is 7.22. The molecule has 0 aliphatic carbocycles. The van der Waals surface area contributed by atoms with Gasteiger partial charge in [0.1, 0.15) is 22.1 Å². The highest BCUT2D eigenvalue weighted by Crippen LogP contribution is 2.37. The van der Waals surface area contributed by atoms with Crippen molar-refractivity contribution in [3.05, 3.63) is 74.9 Å². The van der Waals surface area contributed by atoms with Gasteiger partial charge in [0.2, 0.25) is 0 Å². The molecule has 0 amide bonds. The molecule has 0 fully saturated rings. The third-order valence-corrected chi connectivity index (χ3v) is 6.70. The van der Waals surface area contributed by atoms with Gasteiger partial charge in [-0.3, -0.25) is 14.3 Å². The summed E-state index contributed by atoms with van der Waals surface area (Å²) in [5, 5.41) is 10.5. The standard InChI is InChI=1S/C24H21F3N2O5S/c1-3-15(30)12-29-22-19(21(31)28-23(29)32)13(2)20(35-22)14-4-6-16(7-5-14)33-17-8-10-18(11-9-17)34-24(25,26)27/h4-11,15,30H,3,12H2,1-2H3,(H,28,31,32)/t15-/m0/s1. The van der Waals surface area contributed by atoms with Crippen LogP contribution in [-0.2, 0) is 6.54 Å². The largest absolute Gasteiger partial charge is 0.573 e. The number of rotatable bonds is 7. The van der Waals surface area contributed by atoms with Crippen LogP contribution in [0.25, 0.3) is 20.7 Å². The fraction of sp³-hybridized carbons (Fsp3) is 0.250. The Bertz CT molecular complexity index is 1450. The van der Waals surface area contributed by atoms with Gasteiger partial charge in [-0.05, 0) is 73.0 Å². The number of aliphatic hydroxyl groups excluding tert-OH is 1. The molecule has 0 saturated carbocycles. The zero-order valence-corrected chi connectivity index (χ0v) is 19.5. The predicted octanol–water partition coefficient (Wildman–Crippen LogP) is 5.19. The Kier molecular flexibility index (Phi) is 6.73. The van der Waals surface area contributed by atoms with Crippen molar-refractivity contribution in [2.75, 3.05) is 0 Å².